The summed E-state index contributed by atoms with van der Waals surface area (Å²) in [5, 5.41) is 8.42. The monoisotopic (exact) mass is 464 g/mol. The van der Waals surface area contributed by atoms with E-state index < -0.39 is 0 Å². The molecule has 0 heterocycles. The third kappa shape index (κ3) is 7.72. The van der Waals surface area contributed by atoms with Gasteiger partial charge in [-0.2, -0.15) is 10.2 Å². The van der Waals surface area contributed by atoms with E-state index in [2.05, 4.69) is 21.1 Å². The third-order valence-corrected chi connectivity index (χ3v) is 5.78. The molecule has 1 aliphatic rings. The predicted octanol–water partition coefficient (Wildman–Crippen LogP) is 3.90. The molecule has 0 aliphatic heterocycles. The lowest BCUT2D eigenvalue weighted by atomic mass is 9.97. The number of carbonyl (C=O) groups excluding carboxylic acids is 2. The number of aryl methyl sites for hydroxylation is 4. The second-order valence-corrected chi connectivity index (χ2v) is 8.50. The van der Waals surface area contributed by atoms with Crippen molar-refractivity contribution in [1.29, 1.82) is 0 Å². The van der Waals surface area contributed by atoms with E-state index in [4.69, 9.17) is 9.47 Å². The standard InChI is InChI=1S/C26H32N4O4/c1-17-5-11-23(13-19(17)3)33-15-25(31)29-27-21-7-9-22(10-8-21)28-30-26(32)16-34-24-12-6-18(2)20(4)14-24/h5-6,11-14H,7-10,15-16H2,1-4H3,(H,29,31)(H,30,32). The van der Waals surface area contributed by atoms with Crippen LogP contribution in [0.2, 0.25) is 0 Å². The van der Waals surface area contributed by atoms with Gasteiger partial charge in [-0.15, -0.1) is 0 Å². The Hall–Kier alpha value is -3.68. The molecule has 0 aromatic heterocycles. The van der Waals surface area contributed by atoms with Gasteiger partial charge in [0.2, 0.25) is 0 Å². The van der Waals surface area contributed by atoms with E-state index >= 15 is 0 Å². The molecule has 2 aromatic carbocycles. The SMILES string of the molecule is Cc1ccc(OCC(=O)NN=C2CCC(=NNC(=O)COc3ccc(C)c(C)c3)CC2)cc1C. The summed E-state index contributed by atoms with van der Waals surface area (Å²) in [6, 6.07) is 11.4. The first-order chi connectivity index (χ1) is 16.3. The van der Waals surface area contributed by atoms with Gasteiger partial charge in [-0.25, -0.2) is 10.9 Å². The highest BCUT2D eigenvalue weighted by Gasteiger charge is 2.14. The number of hydrazone groups is 2. The van der Waals surface area contributed by atoms with Crippen LogP contribution < -0.4 is 20.3 Å². The normalized spacial score (nSPS) is 13.2. The van der Waals surface area contributed by atoms with Gasteiger partial charge >= 0.3 is 0 Å². The molecular weight excluding hydrogens is 432 g/mol. The summed E-state index contributed by atoms with van der Waals surface area (Å²) in [7, 11) is 0. The Balaban J connectivity index is 1.35. The molecule has 2 N–H and O–H groups in total. The van der Waals surface area contributed by atoms with E-state index in [1.807, 2.05) is 64.1 Å². The number of hydrogen-bond acceptors (Lipinski definition) is 6. The Morgan fingerprint density at radius 2 is 1.06 bits per heavy atom. The number of benzene rings is 2. The van der Waals surface area contributed by atoms with Crippen LogP contribution in [0.4, 0.5) is 0 Å². The first-order valence-corrected chi connectivity index (χ1v) is 11.4. The molecular formula is C26H32N4O4. The zero-order chi connectivity index (χ0) is 24.5. The number of amides is 2. The van der Waals surface area contributed by atoms with Crippen molar-refractivity contribution in [2.24, 2.45) is 10.2 Å². The molecule has 0 atom stereocenters. The molecule has 2 amide bonds. The van der Waals surface area contributed by atoms with Crippen molar-refractivity contribution < 1.29 is 19.1 Å². The Bertz CT molecular complexity index is 1010. The maximum Gasteiger partial charge on any atom is 0.277 e. The fourth-order valence-electron chi connectivity index (χ4n) is 3.30. The molecule has 0 saturated heterocycles. The quantitative estimate of drug-likeness (QED) is 0.579. The smallest absolute Gasteiger partial charge is 0.277 e. The van der Waals surface area contributed by atoms with Crippen LogP contribution >= 0.6 is 0 Å². The average Bonchev–Trinajstić information content (AvgIpc) is 2.83. The molecule has 0 unspecified atom stereocenters. The summed E-state index contributed by atoms with van der Waals surface area (Å²) < 4.78 is 11.0. The molecule has 8 heteroatoms. The van der Waals surface area contributed by atoms with Gasteiger partial charge in [0.05, 0.1) is 0 Å². The average molecular weight is 465 g/mol. The summed E-state index contributed by atoms with van der Waals surface area (Å²) in [4.78, 5) is 24.1. The molecule has 1 aliphatic carbocycles. The number of nitrogens with one attached hydrogen (secondary N) is 2. The lowest BCUT2D eigenvalue weighted by molar-refractivity contribution is -0.123. The van der Waals surface area contributed by atoms with E-state index in [0.717, 1.165) is 22.6 Å². The number of carbonyl (C=O) groups is 2. The maximum absolute atomic E-state index is 12.0. The minimum Gasteiger partial charge on any atom is -0.484 e. The van der Waals surface area contributed by atoms with Crippen LogP contribution in [0, 0.1) is 27.7 Å². The molecule has 0 bridgehead atoms. The van der Waals surface area contributed by atoms with Crippen molar-refractivity contribution >= 4 is 23.2 Å². The van der Waals surface area contributed by atoms with Gasteiger partial charge in [-0.3, -0.25) is 9.59 Å². The molecule has 0 radical (unpaired) electrons. The van der Waals surface area contributed by atoms with Gasteiger partial charge in [-0.05, 0) is 99.9 Å². The van der Waals surface area contributed by atoms with Crippen LogP contribution in [0.1, 0.15) is 47.9 Å². The van der Waals surface area contributed by atoms with Gasteiger partial charge in [0, 0.05) is 11.4 Å². The number of ether oxygens (including phenoxy) is 2. The Morgan fingerprint density at radius 3 is 1.41 bits per heavy atom. The fraction of sp³-hybridized carbons (Fsp3) is 0.385. The van der Waals surface area contributed by atoms with Crippen molar-refractivity contribution in [2.75, 3.05) is 13.2 Å². The summed E-state index contributed by atoms with van der Waals surface area (Å²) in [6.45, 7) is 7.86. The zero-order valence-electron chi connectivity index (χ0n) is 20.2. The first kappa shape index (κ1) is 25.0. The first-order valence-electron chi connectivity index (χ1n) is 11.4. The number of nitrogens with zero attached hydrogens (tertiary/aromatic N) is 2. The minimum absolute atomic E-state index is 0.0950. The van der Waals surface area contributed by atoms with Crippen molar-refractivity contribution in [3.63, 3.8) is 0 Å². The van der Waals surface area contributed by atoms with Crippen LogP contribution in [0.25, 0.3) is 0 Å². The summed E-state index contributed by atoms with van der Waals surface area (Å²) in [5.74, 6) is 0.708. The highest BCUT2D eigenvalue weighted by Crippen LogP contribution is 2.17. The van der Waals surface area contributed by atoms with Crippen LogP contribution in [0.5, 0.6) is 11.5 Å². The summed E-state index contributed by atoms with van der Waals surface area (Å²) in [5.41, 5.74) is 11.5. The lowest BCUT2D eigenvalue weighted by Crippen LogP contribution is -2.28. The zero-order valence-corrected chi connectivity index (χ0v) is 20.2. The summed E-state index contributed by atoms with van der Waals surface area (Å²) in [6.07, 6.45) is 2.69. The highest BCUT2D eigenvalue weighted by molar-refractivity contribution is 5.99. The van der Waals surface area contributed by atoms with Crippen LogP contribution in [-0.4, -0.2) is 36.5 Å². The Morgan fingerprint density at radius 1 is 0.676 bits per heavy atom. The van der Waals surface area contributed by atoms with E-state index in [1.54, 1.807) is 0 Å². The molecule has 2 aromatic rings. The van der Waals surface area contributed by atoms with Gasteiger partial charge in [0.15, 0.2) is 13.2 Å². The fourth-order valence-corrected chi connectivity index (χ4v) is 3.30. The molecule has 8 nitrogen and oxygen atoms in total. The predicted molar refractivity (Wildman–Crippen MR) is 132 cm³/mol. The maximum atomic E-state index is 12.0. The van der Waals surface area contributed by atoms with E-state index in [-0.39, 0.29) is 25.0 Å². The number of hydrogen-bond donors (Lipinski definition) is 2. The van der Waals surface area contributed by atoms with Crippen LogP contribution in [0.3, 0.4) is 0 Å². The molecule has 1 saturated carbocycles. The largest absolute Gasteiger partial charge is 0.484 e. The van der Waals surface area contributed by atoms with Gasteiger partial charge in [0.1, 0.15) is 11.5 Å². The van der Waals surface area contributed by atoms with E-state index in [1.165, 1.54) is 11.1 Å². The lowest BCUT2D eigenvalue weighted by Gasteiger charge is -2.15. The molecule has 3 rings (SSSR count). The van der Waals surface area contributed by atoms with Crippen molar-refractivity contribution in [1.82, 2.24) is 10.9 Å². The Labute approximate surface area is 200 Å². The van der Waals surface area contributed by atoms with Crippen LogP contribution in [0.15, 0.2) is 46.6 Å². The number of rotatable bonds is 8. The van der Waals surface area contributed by atoms with Gasteiger partial charge in [0.25, 0.3) is 11.8 Å². The molecule has 1 fully saturated rings. The second kappa shape index (κ2) is 12.0. The summed E-state index contributed by atoms with van der Waals surface area (Å²) >= 11 is 0. The highest BCUT2D eigenvalue weighted by atomic mass is 16.5. The van der Waals surface area contributed by atoms with E-state index in [0.29, 0.717) is 37.2 Å². The topological polar surface area (TPSA) is 101 Å². The Kier molecular flexibility index (Phi) is 8.79. The van der Waals surface area contributed by atoms with Crippen molar-refractivity contribution in [2.45, 2.75) is 53.4 Å². The van der Waals surface area contributed by atoms with Gasteiger partial charge in [-0.1, -0.05) is 12.1 Å². The van der Waals surface area contributed by atoms with Crippen LogP contribution in [-0.2, 0) is 9.59 Å². The molecule has 0 spiro atoms. The van der Waals surface area contributed by atoms with E-state index in [9.17, 15) is 9.59 Å². The van der Waals surface area contributed by atoms with Crippen molar-refractivity contribution in [3.8, 4) is 11.5 Å². The van der Waals surface area contributed by atoms with Gasteiger partial charge < -0.3 is 9.47 Å². The molecule has 34 heavy (non-hydrogen) atoms. The third-order valence-electron chi connectivity index (χ3n) is 5.78. The molecule has 180 valence electrons. The second-order valence-electron chi connectivity index (χ2n) is 8.50. The van der Waals surface area contributed by atoms with Crippen molar-refractivity contribution in [3.05, 3.63) is 58.7 Å². The minimum atomic E-state index is -0.304.